The molecule has 1 atom stereocenters. The molecule has 1 N–H and O–H groups in total. The van der Waals surface area contributed by atoms with Crippen molar-refractivity contribution in [2.24, 2.45) is 5.92 Å². The van der Waals surface area contributed by atoms with E-state index < -0.39 is 5.54 Å². The number of carbonyl (C=O) groups excluding carboxylic acids is 2. The van der Waals surface area contributed by atoms with E-state index in [-0.39, 0.29) is 17.9 Å². The third kappa shape index (κ3) is 3.97. The minimum absolute atomic E-state index is 0.0577. The first-order valence-electron chi connectivity index (χ1n) is 12.0. The summed E-state index contributed by atoms with van der Waals surface area (Å²) in [6, 6.07) is 8.18. The van der Waals surface area contributed by atoms with Crippen molar-refractivity contribution < 1.29 is 9.59 Å². The Labute approximate surface area is 199 Å². The van der Waals surface area contributed by atoms with E-state index in [9.17, 15) is 9.59 Å². The fourth-order valence-electron chi connectivity index (χ4n) is 5.23. The summed E-state index contributed by atoms with van der Waals surface area (Å²) < 4.78 is 3.18. The average molecular weight is 465 g/mol. The van der Waals surface area contributed by atoms with Gasteiger partial charge in [-0.2, -0.15) is 0 Å². The molecule has 6 nitrogen and oxygen atoms in total. The van der Waals surface area contributed by atoms with E-state index in [1.807, 2.05) is 25.1 Å². The second-order valence-corrected chi connectivity index (χ2v) is 11.1. The van der Waals surface area contributed by atoms with Crippen LogP contribution < -0.4 is 5.32 Å². The number of thiophene rings is 1. The highest BCUT2D eigenvalue weighted by Gasteiger charge is 2.48. The number of aromatic nitrogens is 2. The lowest BCUT2D eigenvalue weighted by Gasteiger charge is -2.45. The molecule has 0 bridgehead atoms. The second-order valence-electron chi connectivity index (χ2n) is 9.89. The van der Waals surface area contributed by atoms with Gasteiger partial charge in [0, 0.05) is 29.9 Å². The van der Waals surface area contributed by atoms with Crippen molar-refractivity contribution in [2.45, 2.75) is 77.5 Å². The maximum absolute atomic E-state index is 13.8. The van der Waals surface area contributed by atoms with Gasteiger partial charge < -0.3 is 14.8 Å². The van der Waals surface area contributed by atoms with Crippen LogP contribution in [-0.4, -0.2) is 37.8 Å². The molecule has 1 aliphatic heterocycles. The number of carbonyl (C=O) groups is 2. The Balaban J connectivity index is 1.52. The molecule has 4 heterocycles. The number of rotatable bonds is 5. The molecule has 3 aromatic rings. The molecule has 174 valence electrons. The number of hydrogen-bond acceptors (Lipinski definition) is 4. The van der Waals surface area contributed by atoms with Crippen LogP contribution in [0.5, 0.6) is 0 Å². The van der Waals surface area contributed by atoms with Crippen LogP contribution >= 0.6 is 11.3 Å². The minimum Gasteiger partial charge on any atom is -0.351 e. The molecule has 1 aliphatic carbocycles. The van der Waals surface area contributed by atoms with Crippen LogP contribution in [0.1, 0.15) is 67.4 Å². The second kappa shape index (κ2) is 8.60. The number of aryl methyl sites for hydroxylation is 1. The van der Waals surface area contributed by atoms with Crippen LogP contribution in [0, 0.1) is 5.92 Å². The van der Waals surface area contributed by atoms with Crippen molar-refractivity contribution in [1.82, 2.24) is 19.8 Å². The van der Waals surface area contributed by atoms with Gasteiger partial charge in [0.2, 0.25) is 5.91 Å². The SMILES string of the molecule is CCc1cc2c(cc3n2C[C@](C)(C(=O)NC2CCC(C)CC2)N(Cc2cccnc2)C3=O)s1. The molecule has 0 saturated heterocycles. The molecular weight excluding hydrogens is 432 g/mol. The molecule has 2 aliphatic rings. The maximum Gasteiger partial charge on any atom is 0.271 e. The lowest BCUT2D eigenvalue weighted by atomic mass is 9.86. The summed E-state index contributed by atoms with van der Waals surface area (Å²) in [7, 11) is 0. The molecule has 1 fully saturated rings. The van der Waals surface area contributed by atoms with E-state index in [1.165, 1.54) is 4.88 Å². The molecule has 3 aromatic heterocycles. The fraction of sp³-hybridized carbons (Fsp3) is 0.500. The number of fused-ring (bicyclic) bond motifs is 3. The largest absolute Gasteiger partial charge is 0.351 e. The van der Waals surface area contributed by atoms with Crippen LogP contribution in [0.15, 0.2) is 36.7 Å². The zero-order valence-corrected chi connectivity index (χ0v) is 20.5. The average Bonchev–Trinajstić information content (AvgIpc) is 3.37. The van der Waals surface area contributed by atoms with Gasteiger partial charge in [-0.05, 0) is 68.7 Å². The van der Waals surface area contributed by atoms with Crippen molar-refractivity contribution in [3.05, 3.63) is 52.8 Å². The summed E-state index contributed by atoms with van der Waals surface area (Å²) >= 11 is 1.73. The predicted octanol–water partition coefficient (Wildman–Crippen LogP) is 4.77. The van der Waals surface area contributed by atoms with Crippen molar-refractivity contribution >= 4 is 33.4 Å². The van der Waals surface area contributed by atoms with Gasteiger partial charge >= 0.3 is 0 Å². The molecule has 0 radical (unpaired) electrons. The molecule has 7 heteroatoms. The molecule has 1 saturated carbocycles. The summed E-state index contributed by atoms with van der Waals surface area (Å²) in [6.45, 7) is 7.15. The number of nitrogens with one attached hydrogen (secondary N) is 1. The highest BCUT2D eigenvalue weighted by atomic mass is 32.1. The van der Waals surface area contributed by atoms with E-state index in [2.05, 4.69) is 34.8 Å². The minimum atomic E-state index is -0.983. The lowest BCUT2D eigenvalue weighted by molar-refractivity contribution is -0.134. The van der Waals surface area contributed by atoms with Crippen molar-refractivity contribution in [3.8, 4) is 0 Å². The first kappa shape index (κ1) is 22.1. The molecule has 0 aromatic carbocycles. The van der Waals surface area contributed by atoms with Gasteiger partial charge in [0.1, 0.15) is 11.2 Å². The fourth-order valence-corrected chi connectivity index (χ4v) is 6.27. The molecule has 0 unspecified atom stereocenters. The Morgan fingerprint density at radius 1 is 1.27 bits per heavy atom. The maximum atomic E-state index is 13.8. The number of amides is 2. The number of nitrogens with zero attached hydrogens (tertiary/aromatic N) is 3. The number of pyridine rings is 1. The van der Waals surface area contributed by atoms with Gasteiger partial charge in [0.15, 0.2) is 0 Å². The van der Waals surface area contributed by atoms with Crippen molar-refractivity contribution in [1.29, 1.82) is 0 Å². The third-order valence-corrected chi connectivity index (χ3v) is 8.63. The Hall–Kier alpha value is -2.67. The van der Waals surface area contributed by atoms with Gasteiger partial charge in [0.25, 0.3) is 5.91 Å². The Morgan fingerprint density at radius 2 is 2.06 bits per heavy atom. The van der Waals surface area contributed by atoms with Gasteiger partial charge in [-0.3, -0.25) is 14.6 Å². The van der Waals surface area contributed by atoms with Crippen LogP contribution in [0.4, 0.5) is 0 Å². The zero-order valence-electron chi connectivity index (χ0n) is 19.6. The standard InChI is InChI=1S/C26H32N4O2S/c1-4-20-12-21-23(33-20)13-22-24(31)30(15-18-6-5-11-27-14-18)26(3,16-29(21)22)25(32)28-19-9-7-17(2)8-10-19/h5-6,11-14,17,19H,4,7-10,15-16H2,1-3H3,(H,28,32)/t17?,19?,26-/m1/s1. The first-order valence-corrected chi connectivity index (χ1v) is 12.8. The Kier molecular flexibility index (Phi) is 5.77. The highest BCUT2D eigenvalue weighted by Crippen LogP contribution is 2.37. The van der Waals surface area contributed by atoms with E-state index in [1.54, 1.807) is 28.6 Å². The normalized spacial score (nSPS) is 25.3. The summed E-state index contributed by atoms with van der Waals surface area (Å²) in [5.41, 5.74) is 1.67. The van der Waals surface area contributed by atoms with Gasteiger partial charge in [-0.1, -0.05) is 19.9 Å². The van der Waals surface area contributed by atoms with E-state index in [0.29, 0.717) is 24.7 Å². The monoisotopic (exact) mass is 464 g/mol. The summed E-state index contributed by atoms with van der Waals surface area (Å²) in [4.78, 5) is 34.9. The van der Waals surface area contributed by atoms with Crippen LogP contribution in [-0.2, 0) is 24.3 Å². The predicted molar refractivity (Wildman–Crippen MR) is 131 cm³/mol. The quantitative estimate of drug-likeness (QED) is 0.591. The smallest absolute Gasteiger partial charge is 0.271 e. The van der Waals surface area contributed by atoms with Gasteiger partial charge in [-0.25, -0.2) is 0 Å². The molecule has 2 amide bonds. The van der Waals surface area contributed by atoms with Crippen molar-refractivity contribution in [3.63, 3.8) is 0 Å². The number of hydrogen-bond donors (Lipinski definition) is 1. The Bertz CT molecular complexity index is 1180. The summed E-state index contributed by atoms with van der Waals surface area (Å²) in [5.74, 6) is 0.563. The van der Waals surface area contributed by atoms with Crippen LogP contribution in [0.3, 0.4) is 0 Å². The van der Waals surface area contributed by atoms with E-state index >= 15 is 0 Å². The van der Waals surface area contributed by atoms with Crippen molar-refractivity contribution in [2.75, 3.05) is 0 Å². The lowest BCUT2D eigenvalue weighted by Crippen LogP contribution is -2.64. The molecule has 0 spiro atoms. The zero-order chi connectivity index (χ0) is 23.2. The topological polar surface area (TPSA) is 67.2 Å². The molecular formula is C26H32N4O2S. The summed E-state index contributed by atoms with van der Waals surface area (Å²) in [6.07, 6.45) is 8.74. The van der Waals surface area contributed by atoms with Gasteiger partial charge in [0.05, 0.1) is 16.8 Å². The van der Waals surface area contributed by atoms with Crippen LogP contribution in [0.25, 0.3) is 10.2 Å². The van der Waals surface area contributed by atoms with E-state index in [4.69, 9.17) is 0 Å². The van der Waals surface area contributed by atoms with E-state index in [0.717, 1.165) is 47.9 Å². The summed E-state index contributed by atoms with van der Waals surface area (Å²) in [5, 5.41) is 3.31. The first-order chi connectivity index (χ1) is 15.9. The molecule has 33 heavy (non-hydrogen) atoms. The highest BCUT2D eigenvalue weighted by molar-refractivity contribution is 7.19. The van der Waals surface area contributed by atoms with Crippen LogP contribution in [0.2, 0.25) is 0 Å². The van der Waals surface area contributed by atoms with Gasteiger partial charge in [-0.15, -0.1) is 11.3 Å². The third-order valence-electron chi connectivity index (χ3n) is 7.42. The Morgan fingerprint density at radius 3 is 2.76 bits per heavy atom. The molecule has 5 rings (SSSR count).